The second-order valence-corrected chi connectivity index (χ2v) is 6.29. The lowest BCUT2D eigenvalue weighted by atomic mass is 10.1. The number of esters is 1. The summed E-state index contributed by atoms with van der Waals surface area (Å²) in [5.41, 5.74) is 0.559. The lowest BCUT2D eigenvalue weighted by molar-refractivity contribution is -0.146. The fraction of sp³-hybridized carbons (Fsp3) is 0.533. The number of methoxy groups -OCH3 is 1. The van der Waals surface area contributed by atoms with Gasteiger partial charge in [0.15, 0.2) is 0 Å². The molecule has 0 aliphatic carbocycles. The molecule has 1 rings (SSSR count). The molecule has 0 fully saturated rings. The van der Waals surface area contributed by atoms with Gasteiger partial charge >= 0.3 is 5.97 Å². The number of halogens is 1. The van der Waals surface area contributed by atoms with E-state index in [1.165, 1.54) is 12.7 Å². The predicted octanol–water partition coefficient (Wildman–Crippen LogP) is 3.50. The van der Waals surface area contributed by atoms with Crippen molar-refractivity contribution in [3.8, 4) is 0 Å². The fourth-order valence-electron chi connectivity index (χ4n) is 1.76. The summed E-state index contributed by atoms with van der Waals surface area (Å²) in [6.45, 7) is 4.77. The SMILES string of the molecule is CCCNC(C)(CSCc1ccc(Cl)cc1)C(=O)OC. The predicted molar refractivity (Wildman–Crippen MR) is 86.3 cm³/mol. The van der Waals surface area contributed by atoms with Crippen LogP contribution in [0.25, 0.3) is 0 Å². The number of hydrogen-bond acceptors (Lipinski definition) is 4. The number of benzene rings is 1. The minimum atomic E-state index is -0.637. The van der Waals surface area contributed by atoms with Crippen LogP contribution in [0.2, 0.25) is 5.02 Å². The zero-order chi connectivity index (χ0) is 15.0. The van der Waals surface area contributed by atoms with Crippen molar-refractivity contribution in [3.05, 3.63) is 34.9 Å². The van der Waals surface area contributed by atoms with E-state index in [4.69, 9.17) is 16.3 Å². The lowest BCUT2D eigenvalue weighted by Gasteiger charge is -2.27. The zero-order valence-electron chi connectivity index (χ0n) is 12.2. The monoisotopic (exact) mass is 315 g/mol. The molecule has 0 aromatic heterocycles. The van der Waals surface area contributed by atoms with Gasteiger partial charge in [-0.25, -0.2) is 0 Å². The Labute approximate surface area is 130 Å². The van der Waals surface area contributed by atoms with Gasteiger partial charge < -0.3 is 10.1 Å². The Balaban J connectivity index is 2.53. The van der Waals surface area contributed by atoms with Gasteiger partial charge in [-0.15, -0.1) is 0 Å². The first-order valence-corrected chi connectivity index (χ1v) is 8.20. The van der Waals surface area contributed by atoms with Gasteiger partial charge in [0.2, 0.25) is 0 Å². The summed E-state index contributed by atoms with van der Waals surface area (Å²) in [5, 5.41) is 4.01. The van der Waals surface area contributed by atoms with E-state index in [9.17, 15) is 4.79 Å². The summed E-state index contributed by atoms with van der Waals surface area (Å²) in [6, 6.07) is 7.77. The maximum absolute atomic E-state index is 11.9. The largest absolute Gasteiger partial charge is 0.468 e. The highest BCUT2D eigenvalue weighted by molar-refractivity contribution is 7.98. The van der Waals surface area contributed by atoms with E-state index in [-0.39, 0.29) is 5.97 Å². The number of thioether (sulfide) groups is 1. The summed E-state index contributed by atoms with van der Waals surface area (Å²) < 4.78 is 4.90. The normalized spacial score (nSPS) is 13.8. The molecule has 1 aromatic carbocycles. The molecule has 0 radical (unpaired) electrons. The van der Waals surface area contributed by atoms with Gasteiger partial charge in [0, 0.05) is 16.5 Å². The van der Waals surface area contributed by atoms with Crippen molar-refractivity contribution in [2.45, 2.75) is 31.6 Å². The number of rotatable bonds is 8. The smallest absolute Gasteiger partial charge is 0.326 e. The van der Waals surface area contributed by atoms with Crippen LogP contribution in [-0.4, -0.2) is 30.9 Å². The van der Waals surface area contributed by atoms with Crippen LogP contribution in [0.15, 0.2) is 24.3 Å². The van der Waals surface area contributed by atoms with E-state index in [2.05, 4.69) is 12.2 Å². The molecule has 112 valence electrons. The first-order valence-electron chi connectivity index (χ1n) is 6.67. The standard InChI is InChI=1S/C15H22ClNO2S/c1-4-9-17-15(2,14(18)19-3)11-20-10-12-5-7-13(16)8-6-12/h5-8,17H,4,9-11H2,1-3H3. The van der Waals surface area contributed by atoms with Crippen molar-refractivity contribution in [1.82, 2.24) is 5.32 Å². The van der Waals surface area contributed by atoms with Crippen LogP contribution >= 0.6 is 23.4 Å². The molecule has 0 saturated carbocycles. The second kappa shape index (κ2) is 8.55. The van der Waals surface area contributed by atoms with E-state index in [0.29, 0.717) is 5.75 Å². The number of carbonyl (C=O) groups is 1. The van der Waals surface area contributed by atoms with E-state index >= 15 is 0 Å². The highest BCUT2D eigenvalue weighted by atomic mass is 35.5. The number of ether oxygens (including phenoxy) is 1. The van der Waals surface area contributed by atoms with Crippen molar-refractivity contribution < 1.29 is 9.53 Å². The minimum Gasteiger partial charge on any atom is -0.468 e. The summed E-state index contributed by atoms with van der Waals surface area (Å²) in [4.78, 5) is 11.9. The van der Waals surface area contributed by atoms with Gasteiger partial charge in [-0.05, 0) is 37.6 Å². The Morgan fingerprint density at radius 2 is 2.05 bits per heavy atom. The van der Waals surface area contributed by atoms with Gasteiger partial charge in [0.05, 0.1) is 7.11 Å². The van der Waals surface area contributed by atoms with Gasteiger partial charge in [-0.3, -0.25) is 4.79 Å². The molecule has 1 N–H and O–H groups in total. The van der Waals surface area contributed by atoms with Crippen LogP contribution in [0.1, 0.15) is 25.8 Å². The zero-order valence-corrected chi connectivity index (χ0v) is 13.8. The van der Waals surface area contributed by atoms with Crippen LogP contribution in [0.5, 0.6) is 0 Å². The average molecular weight is 316 g/mol. The molecule has 0 aliphatic heterocycles. The second-order valence-electron chi connectivity index (χ2n) is 4.87. The molecule has 20 heavy (non-hydrogen) atoms. The molecule has 3 nitrogen and oxygen atoms in total. The molecule has 1 atom stereocenters. The molecular weight excluding hydrogens is 294 g/mol. The molecule has 0 amide bonds. The number of hydrogen-bond donors (Lipinski definition) is 1. The third-order valence-electron chi connectivity index (χ3n) is 2.97. The van der Waals surface area contributed by atoms with Gasteiger partial charge in [-0.1, -0.05) is 30.7 Å². The molecule has 1 aromatic rings. The van der Waals surface area contributed by atoms with Crippen LogP contribution in [0, 0.1) is 0 Å². The van der Waals surface area contributed by atoms with Crippen molar-refractivity contribution in [1.29, 1.82) is 0 Å². The Bertz CT molecular complexity index is 424. The summed E-state index contributed by atoms with van der Waals surface area (Å²) in [6.07, 6.45) is 0.981. The average Bonchev–Trinajstić information content (AvgIpc) is 2.46. The summed E-state index contributed by atoms with van der Waals surface area (Å²) >= 11 is 7.56. The van der Waals surface area contributed by atoms with Crippen LogP contribution in [-0.2, 0) is 15.3 Å². The molecular formula is C15H22ClNO2S. The third kappa shape index (κ3) is 5.35. The van der Waals surface area contributed by atoms with Gasteiger partial charge in [-0.2, -0.15) is 11.8 Å². The number of carbonyl (C=O) groups excluding carboxylic acids is 1. The lowest BCUT2D eigenvalue weighted by Crippen LogP contribution is -2.52. The van der Waals surface area contributed by atoms with Gasteiger partial charge in [0.25, 0.3) is 0 Å². The Kier molecular flexibility index (Phi) is 7.41. The maximum atomic E-state index is 11.9. The van der Waals surface area contributed by atoms with Crippen LogP contribution < -0.4 is 5.32 Å². The minimum absolute atomic E-state index is 0.213. The Morgan fingerprint density at radius 3 is 2.60 bits per heavy atom. The molecule has 0 saturated heterocycles. The maximum Gasteiger partial charge on any atom is 0.326 e. The Morgan fingerprint density at radius 1 is 1.40 bits per heavy atom. The van der Waals surface area contributed by atoms with E-state index < -0.39 is 5.54 Å². The topological polar surface area (TPSA) is 38.3 Å². The first kappa shape index (κ1) is 17.3. The van der Waals surface area contributed by atoms with Gasteiger partial charge in [0.1, 0.15) is 5.54 Å². The summed E-state index contributed by atoms with van der Waals surface area (Å²) in [7, 11) is 1.43. The van der Waals surface area contributed by atoms with E-state index in [0.717, 1.165) is 23.7 Å². The first-order chi connectivity index (χ1) is 9.51. The van der Waals surface area contributed by atoms with Crippen molar-refractivity contribution in [2.24, 2.45) is 0 Å². The third-order valence-corrected chi connectivity index (χ3v) is 4.54. The van der Waals surface area contributed by atoms with Crippen LogP contribution in [0.4, 0.5) is 0 Å². The van der Waals surface area contributed by atoms with E-state index in [1.54, 1.807) is 11.8 Å². The fourth-order valence-corrected chi connectivity index (χ4v) is 3.05. The molecule has 1 unspecified atom stereocenters. The molecule has 0 spiro atoms. The quantitative estimate of drug-likeness (QED) is 0.745. The Hall–Kier alpha value is -0.710. The van der Waals surface area contributed by atoms with Crippen molar-refractivity contribution in [3.63, 3.8) is 0 Å². The highest BCUT2D eigenvalue weighted by Gasteiger charge is 2.33. The van der Waals surface area contributed by atoms with E-state index in [1.807, 2.05) is 31.2 Å². The molecule has 0 heterocycles. The van der Waals surface area contributed by atoms with Crippen molar-refractivity contribution in [2.75, 3.05) is 19.4 Å². The summed E-state index contributed by atoms with van der Waals surface area (Å²) in [5.74, 6) is 1.30. The van der Waals surface area contributed by atoms with Crippen molar-refractivity contribution >= 4 is 29.3 Å². The molecule has 0 aliphatic rings. The molecule has 5 heteroatoms. The number of nitrogens with one attached hydrogen (secondary N) is 1. The molecule has 0 bridgehead atoms. The van der Waals surface area contributed by atoms with Crippen LogP contribution in [0.3, 0.4) is 0 Å². The highest BCUT2D eigenvalue weighted by Crippen LogP contribution is 2.20.